The number of hydrogen-bond acceptors (Lipinski definition) is 4. The van der Waals surface area contributed by atoms with Gasteiger partial charge in [-0.25, -0.2) is 0 Å². The maximum Gasteiger partial charge on any atom is 0.251 e. The van der Waals surface area contributed by atoms with Crippen molar-refractivity contribution >= 4 is 23.6 Å². The molecule has 0 unspecified atom stereocenters. The first-order valence-electron chi connectivity index (χ1n) is 8.55. The smallest absolute Gasteiger partial charge is 0.251 e. The van der Waals surface area contributed by atoms with E-state index in [-0.39, 0.29) is 17.9 Å². The second-order valence-corrected chi connectivity index (χ2v) is 8.05. The van der Waals surface area contributed by atoms with Gasteiger partial charge in [0.05, 0.1) is 6.04 Å². The number of carbonyl (C=O) groups is 2. The maximum atomic E-state index is 12.1. The lowest BCUT2D eigenvalue weighted by Gasteiger charge is -2.21. The molecule has 24 heavy (non-hydrogen) atoms. The molecule has 0 spiro atoms. The Morgan fingerprint density at radius 1 is 1.33 bits per heavy atom. The maximum absolute atomic E-state index is 12.1. The van der Waals surface area contributed by atoms with E-state index in [1.54, 1.807) is 11.8 Å². The number of amides is 2. The fourth-order valence-electron chi connectivity index (χ4n) is 2.96. The van der Waals surface area contributed by atoms with Gasteiger partial charge in [-0.05, 0) is 50.1 Å². The van der Waals surface area contributed by atoms with Gasteiger partial charge in [0.2, 0.25) is 5.91 Å². The van der Waals surface area contributed by atoms with Gasteiger partial charge in [0.1, 0.15) is 0 Å². The molecule has 0 bridgehead atoms. The second-order valence-electron chi connectivity index (χ2n) is 6.40. The van der Waals surface area contributed by atoms with E-state index in [1.165, 1.54) is 4.90 Å². The van der Waals surface area contributed by atoms with E-state index in [0.29, 0.717) is 17.4 Å². The molecular formula is C18H27N3O2S. The van der Waals surface area contributed by atoms with Gasteiger partial charge in [-0.2, -0.15) is 0 Å². The Balaban J connectivity index is 1.72. The van der Waals surface area contributed by atoms with E-state index in [4.69, 9.17) is 5.73 Å². The highest BCUT2D eigenvalue weighted by molar-refractivity contribution is 7.99. The fourth-order valence-corrected chi connectivity index (χ4v) is 3.80. The summed E-state index contributed by atoms with van der Waals surface area (Å²) in [5, 5.41) is 3.47. The number of nitrogens with one attached hydrogen (secondary N) is 1. The fraction of sp³-hybridized carbons (Fsp3) is 0.556. The predicted octanol–water partition coefficient (Wildman–Crippen LogP) is 2.26. The van der Waals surface area contributed by atoms with Crippen LogP contribution in [0.2, 0.25) is 0 Å². The molecule has 132 valence electrons. The van der Waals surface area contributed by atoms with Gasteiger partial charge < -0.3 is 11.1 Å². The van der Waals surface area contributed by atoms with Crippen LogP contribution < -0.4 is 11.1 Å². The summed E-state index contributed by atoms with van der Waals surface area (Å²) in [6, 6.07) is 7.57. The molecule has 0 radical (unpaired) electrons. The summed E-state index contributed by atoms with van der Waals surface area (Å²) in [5.41, 5.74) is 6.09. The van der Waals surface area contributed by atoms with Crippen molar-refractivity contribution in [2.45, 2.75) is 49.3 Å². The third-order valence-electron chi connectivity index (χ3n) is 4.09. The minimum atomic E-state index is -0.240. The zero-order valence-electron chi connectivity index (χ0n) is 14.5. The second kappa shape index (κ2) is 9.08. The van der Waals surface area contributed by atoms with Gasteiger partial charge in [0.25, 0.3) is 5.91 Å². The van der Waals surface area contributed by atoms with E-state index < -0.39 is 0 Å². The zero-order valence-corrected chi connectivity index (χ0v) is 15.3. The van der Waals surface area contributed by atoms with Crippen LogP contribution in [0.3, 0.4) is 0 Å². The normalized spacial score (nSPS) is 18.0. The number of likely N-dealkylation sites (tertiary alicyclic amines) is 1. The average molecular weight is 350 g/mol. The van der Waals surface area contributed by atoms with E-state index in [1.807, 2.05) is 24.3 Å². The van der Waals surface area contributed by atoms with Crippen molar-refractivity contribution in [3.8, 4) is 0 Å². The van der Waals surface area contributed by atoms with Crippen LogP contribution in [0.25, 0.3) is 0 Å². The molecule has 1 atom stereocenters. The Kier molecular flexibility index (Phi) is 7.12. The Bertz CT molecular complexity index is 560. The van der Waals surface area contributed by atoms with Crippen molar-refractivity contribution in [3.63, 3.8) is 0 Å². The van der Waals surface area contributed by atoms with Crippen LogP contribution in [-0.4, -0.2) is 47.6 Å². The standard InChI is InChI=1S/C18H27N3O2S/c1-13(2)24-15-8-6-14(7-9-15)18(23)20-10-4-12-21-11-3-5-16(21)17(19)22/h6-9,13,16H,3-5,10-12H2,1-2H3,(H2,19,22)(H,20,23)/t16-/m1/s1. The molecule has 0 aromatic heterocycles. The minimum Gasteiger partial charge on any atom is -0.368 e. The molecule has 1 aliphatic rings. The van der Waals surface area contributed by atoms with Crippen molar-refractivity contribution in [1.29, 1.82) is 0 Å². The van der Waals surface area contributed by atoms with Gasteiger partial charge in [0.15, 0.2) is 0 Å². The Hall–Kier alpha value is -1.53. The van der Waals surface area contributed by atoms with Crippen LogP contribution in [0.4, 0.5) is 0 Å². The van der Waals surface area contributed by atoms with Crippen LogP contribution in [0.5, 0.6) is 0 Å². The van der Waals surface area contributed by atoms with Crippen LogP contribution >= 0.6 is 11.8 Å². The van der Waals surface area contributed by atoms with E-state index in [2.05, 4.69) is 24.1 Å². The van der Waals surface area contributed by atoms with Crippen LogP contribution in [0, 0.1) is 0 Å². The number of thioether (sulfide) groups is 1. The summed E-state index contributed by atoms with van der Waals surface area (Å²) in [4.78, 5) is 26.8. The minimum absolute atomic E-state index is 0.0519. The zero-order chi connectivity index (χ0) is 17.5. The van der Waals surface area contributed by atoms with Crippen LogP contribution in [0.1, 0.15) is 43.5 Å². The summed E-state index contributed by atoms with van der Waals surface area (Å²) in [7, 11) is 0. The lowest BCUT2D eigenvalue weighted by molar-refractivity contribution is -0.122. The van der Waals surface area contributed by atoms with Crippen molar-refractivity contribution in [1.82, 2.24) is 10.2 Å². The third kappa shape index (κ3) is 5.53. The van der Waals surface area contributed by atoms with Crippen LogP contribution in [-0.2, 0) is 4.79 Å². The first-order valence-corrected chi connectivity index (χ1v) is 9.43. The molecule has 1 aromatic rings. The van der Waals surface area contributed by atoms with E-state index in [9.17, 15) is 9.59 Å². The molecule has 1 aromatic carbocycles. The highest BCUT2D eigenvalue weighted by Gasteiger charge is 2.28. The number of primary amides is 1. The number of hydrogen-bond donors (Lipinski definition) is 2. The quantitative estimate of drug-likeness (QED) is 0.558. The number of nitrogens with two attached hydrogens (primary N) is 1. The molecule has 5 nitrogen and oxygen atoms in total. The van der Waals surface area contributed by atoms with Gasteiger partial charge in [-0.15, -0.1) is 11.8 Å². The number of benzene rings is 1. The Morgan fingerprint density at radius 2 is 2.04 bits per heavy atom. The van der Waals surface area contributed by atoms with Crippen molar-refractivity contribution in [2.24, 2.45) is 5.73 Å². The van der Waals surface area contributed by atoms with E-state index >= 15 is 0 Å². The van der Waals surface area contributed by atoms with Crippen molar-refractivity contribution < 1.29 is 9.59 Å². The van der Waals surface area contributed by atoms with Gasteiger partial charge in [-0.1, -0.05) is 13.8 Å². The summed E-state index contributed by atoms with van der Waals surface area (Å²) < 4.78 is 0. The van der Waals surface area contributed by atoms with Crippen molar-refractivity contribution in [3.05, 3.63) is 29.8 Å². The van der Waals surface area contributed by atoms with Gasteiger partial charge >= 0.3 is 0 Å². The molecule has 0 saturated carbocycles. The molecule has 1 heterocycles. The lowest BCUT2D eigenvalue weighted by Crippen LogP contribution is -2.41. The molecule has 0 aliphatic carbocycles. The summed E-state index contributed by atoms with van der Waals surface area (Å²) in [6.45, 7) is 6.60. The average Bonchev–Trinajstić information content (AvgIpc) is 3.00. The third-order valence-corrected chi connectivity index (χ3v) is 5.10. The molecule has 1 fully saturated rings. The number of carbonyl (C=O) groups excluding carboxylic acids is 2. The molecular weight excluding hydrogens is 322 g/mol. The monoisotopic (exact) mass is 349 g/mol. The number of rotatable bonds is 8. The molecule has 2 rings (SSSR count). The Labute approximate surface area is 148 Å². The summed E-state index contributed by atoms with van der Waals surface area (Å²) >= 11 is 1.78. The van der Waals surface area contributed by atoms with E-state index in [0.717, 1.165) is 32.4 Å². The first kappa shape index (κ1) is 18.8. The molecule has 6 heteroatoms. The first-order chi connectivity index (χ1) is 11.5. The molecule has 3 N–H and O–H groups in total. The summed E-state index contributed by atoms with van der Waals surface area (Å²) in [5.74, 6) is -0.292. The lowest BCUT2D eigenvalue weighted by atomic mass is 10.2. The Morgan fingerprint density at radius 3 is 2.67 bits per heavy atom. The van der Waals surface area contributed by atoms with Gasteiger partial charge in [-0.3, -0.25) is 14.5 Å². The molecule has 1 aliphatic heterocycles. The summed E-state index contributed by atoms with van der Waals surface area (Å²) in [6.07, 6.45) is 2.68. The molecule has 1 saturated heterocycles. The highest BCUT2D eigenvalue weighted by Crippen LogP contribution is 2.22. The topological polar surface area (TPSA) is 75.4 Å². The SMILES string of the molecule is CC(C)Sc1ccc(C(=O)NCCCN2CCC[C@@H]2C(N)=O)cc1. The van der Waals surface area contributed by atoms with Crippen molar-refractivity contribution in [2.75, 3.05) is 19.6 Å². The van der Waals surface area contributed by atoms with Crippen LogP contribution in [0.15, 0.2) is 29.2 Å². The van der Waals surface area contributed by atoms with Gasteiger partial charge in [0, 0.05) is 28.8 Å². The largest absolute Gasteiger partial charge is 0.368 e. The molecule has 2 amide bonds. The highest BCUT2D eigenvalue weighted by atomic mass is 32.2. The predicted molar refractivity (Wildman–Crippen MR) is 98.2 cm³/mol. The number of nitrogens with zero attached hydrogens (tertiary/aromatic N) is 1.